The molecule has 8 N–H and O–H groups in total. The first-order chi connectivity index (χ1) is 64.3. The van der Waals surface area contributed by atoms with Crippen LogP contribution in [0.5, 0.6) is 0 Å². The van der Waals surface area contributed by atoms with Crippen LogP contribution in [0.15, 0.2) is 89.3 Å². The molecule has 3 aromatic carbocycles. The van der Waals surface area contributed by atoms with Gasteiger partial charge in [0.25, 0.3) is 0 Å². The zero-order valence-electron chi connectivity index (χ0n) is 81.4. The topological polar surface area (TPSA) is 484 Å². The maximum atomic E-state index is 13.8. The smallest absolute Gasteiger partial charge is 0.329 e. The Morgan fingerprint density at radius 2 is 0.632 bits per heavy atom. The van der Waals surface area contributed by atoms with Crippen LogP contribution in [0.2, 0.25) is 0 Å². The number of carbonyl (C=O) groups is 12. The summed E-state index contributed by atoms with van der Waals surface area (Å²) in [7, 11) is 0. The number of aliphatic hydroxyl groups is 4. The molecule has 3 fully saturated rings. The average Bonchev–Trinajstić information content (AvgIpc) is 1.65. The Hall–Kier alpha value is -8.97. The zero-order valence-corrected chi connectivity index (χ0v) is 83.9. The molecule has 3 aromatic heterocycles. The Morgan fingerprint density at radius 1 is 0.390 bits per heavy atom. The third-order valence-corrected chi connectivity index (χ3v) is 25.2. The van der Waals surface area contributed by atoms with E-state index in [1.807, 2.05) is 160 Å². The number of likely N-dealkylation sites (tertiary alicyclic amines) is 3. The second-order valence-electron chi connectivity index (χ2n) is 36.8. The number of β-amino-alcohol motifs (C(OH)–C–C–N with tert-alkyl or cyclic N) is 3. The van der Waals surface area contributed by atoms with Crippen LogP contribution in [-0.4, -0.2) is 318 Å². The van der Waals surface area contributed by atoms with E-state index in [4.69, 9.17) is 63.7 Å². The van der Waals surface area contributed by atoms with Crippen molar-refractivity contribution in [2.45, 2.75) is 217 Å². The van der Waals surface area contributed by atoms with Gasteiger partial charge in [-0.15, -0.1) is 34.0 Å². The number of ketones is 7. The number of aryl methyl sites for hydroxylation is 6. The van der Waals surface area contributed by atoms with Crippen molar-refractivity contribution in [1.29, 1.82) is 0 Å². The molecule has 0 aliphatic carbocycles. The number of rotatable bonds is 52. The van der Waals surface area contributed by atoms with Crippen LogP contribution >= 0.6 is 34.0 Å². The summed E-state index contributed by atoms with van der Waals surface area (Å²) >= 11 is 4.79. The summed E-state index contributed by atoms with van der Waals surface area (Å²) in [6, 6.07) is 21.5. The van der Waals surface area contributed by atoms with Gasteiger partial charge in [-0.3, -0.25) is 47.9 Å². The highest BCUT2D eigenvalue weighted by molar-refractivity contribution is 7.14. The number of Topliss-reactive ketones (excluding diaryl/α,β-unsaturated/α-hetero) is 7. The van der Waals surface area contributed by atoms with Crippen molar-refractivity contribution in [2.75, 3.05) is 145 Å². The van der Waals surface area contributed by atoms with Crippen molar-refractivity contribution in [3.8, 4) is 31.3 Å². The van der Waals surface area contributed by atoms with Gasteiger partial charge in [-0.2, -0.15) is 0 Å². The third-order valence-electron chi connectivity index (χ3n) is 22.2. The number of hydrogen-bond donors (Lipinski definition) is 7. The van der Waals surface area contributed by atoms with Gasteiger partial charge in [-0.1, -0.05) is 135 Å². The molecule has 0 saturated carbocycles. The van der Waals surface area contributed by atoms with Crippen molar-refractivity contribution in [3.05, 3.63) is 123 Å². The minimum atomic E-state index is -1.05. The van der Waals surface area contributed by atoms with E-state index in [9.17, 15) is 72.9 Å². The number of aliphatic hydroxyl groups excluding tert-OH is 4. The molecule has 136 heavy (non-hydrogen) atoms. The molecule has 754 valence electrons. The van der Waals surface area contributed by atoms with E-state index < -0.39 is 89.1 Å². The Labute approximate surface area is 810 Å². The molecule has 0 radical (unpaired) electrons. The van der Waals surface area contributed by atoms with Gasteiger partial charge in [0, 0.05) is 89.4 Å². The molecule has 9 rings (SSSR count). The molecule has 6 aromatic rings. The van der Waals surface area contributed by atoms with Crippen LogP contribution in [0, 0.1) is 48.9 Å². The molecule has 34 nitrogen and oxygen atoms in total. The van der Waals surface area contributed by atoms with Crippen molar-refractivity contribution >= 4 is 104 Å². The van der Waals surface area contributed by atoms with E-state index in [-0.39, 0.29) is 209 Å². The van der Waals surface area contributed by atoms with Crippen LogP contribution in [0.3, 0.4) is 0 Å². The predicted molar refractivity (Wildman–Crippen MR) is 515 cm³/mol. The minimum absolute atomic E-state index is 0.0246. The Kier molecular flexibility index (Phi) is 52.5. The van der Waals surface area contributed by atoms with Gasteiger partial charge < -0.3 is 93.7 Å². The van der Waals surface area contributed by atoms with Gasteiger partial charge in [0.15, 0.2) is 40.5 Å². The summed E-state index contributed by atoms with van der Waals surface area (Å²) in [5.41, 5.74) is 19.5. The number of carboxylic acids is 2. The second kappa shape index (κ2) is 60.8. The largest absolute Gasteiger partial charge is 0.480 e. The molecule has 0 spiro atoms. The van der Waals surface area contributed by atoms with Crippen molar-refractivity contribution in [2.24, 2.45) is 33.8 Å². The lowest BCUT2D eigenvalue weighted by Crippen LogP contribution is -2.53. The standard InChI is InChI=1S/C33H46N2O8S.C32H44N2O9S.C23H31N3O3S.C9H16O6.C2H6O/c1-22(36)19-42-14-12-41-13-15-43-20-27(38)16-28(33(3,4)5)32(40)35-18-26(37)17-29(35)30(39)11-8-24-6-9-25(10-7-24)31-23(2)34-21-44-31;1-21-30(44-20-33-21)23-8-5-22(6-9-23)7-10-28(37)27-16-24(35)17-34(27)31(40)26(32(2,3)4)15-25(36)18-42-13-11-41-12-14-43-19-29(38)39;1-14-20(30-13-25-14)16-8-5-15(6-9-16)7-10-19(28)18-11-17(27)12-26(18)22(29)21(24)23(2,3)4;1-8(10)6-14-4-2-13-3-5-15-7-9(11)12;1-2-3/h6-7,9-10,21,26,28-29,37H,8,11-20H2,1-5H3;5-6,8-9,20,24,26-27,35H,7,10-19H2,1-4H3,(H,38,39);5-6,8-9,13,17-18,21,27H,7,10-12,24H2,1-4H3;2-7H2,1H3,(H,11,12);3H,2H2,1H3/t26-,28-,29+;24-,26-,27+;17-,18+,21-;;/m111../s1. The summed E-state index contributed by atoms with van der Waals surface area (Å²) < 4.78 is 46.2. The number of nitrogens with two attached hydrogens (primary N) is 1. The van der Waals surface area contributed by atoms with Crippen LogP contribution in [0.25, 0.3) is 31.3 Å². The van der Waals surface area contributed by atoms with Gasteiger partial charge in [0.2, 0.25) is 17.7 Å². The molecule has 37 heteroatoms. The summed E-state index contributed by atoms with van der Waals surface area (Å²) in [5, 5.41) is 55.3. The molecule has 9 atom stereocenters. The average molecular weight is 1960 g/mol. The van der Waals surface area contributed by atoms with Gasteiger partial charge in [-0.05, 0) is 110 Å². The van der Waals surface area contributed by atoms with E-state index in [0.717, 1.165) is 65.1 Å². The number of hydrogen-bond acceptors (Lipinski definition) is 32. The van der Waals surface area contributed by atoms with Crippen molar-refractivity contribution in [3.63, 3.8) is 0 Å². The zero-order chi connectivity index (χ0) is 101. The fourth-order valence-electron chi connectivity index (χ4n) is 14.8. The summed E-state index contributed by atoms with van der Waals surface area (Å²) in [4.78, 5) is 168. The van der Waals surface area contributed by atoms with E-state index >= 15 is 0 Å². The fourth-order valence-corrected chi connectivity index (χ4v) is 17.2. The number of thiazole rings is 3. The number of aromatic nitrogens is 3. The number of ether oxygens (including phenoxy) is 9. The van der Waals surface area contributed by atoms with Gasteiger partial charge in [0.1, 0.15) is 39.6 Å². The number of aliphatic carboxylic acids is 2. The molecule has 6 heterocycles. The lowest BCUT2D eigenvalue weighted by Gasteiger charge is -2.34. The first-order valence-corrected chi connectivity index (χ1v) is 48.5. The predicted octanol–water partition coefficient (Wildman–Crippen LogP) is 9.84. The van der Waals surface area contributed by atoms with Crippen LogP contribution in [-0.2, 0) is 119 Å². The number of amides is 3. The highest BCUT2D eigenvalue weighted by atomic mass is 32.1. The van der Waals surface area contributed by atoms with E-state index in [1.54, 1.807) is 40.9 Å². The molecular weight excluding hydrogens is 1820 g/mol. The maximum absolute atomic E-state index is 13.8. The molecule has 0 bridgehead atoms. The fraction of sp³-hybridized carbons (Fsp3) is 0.606. The van der Waals surface area contributed by atoms with E-state index in [2.05, 4.69) is 27.1 Å². The first kappa shape index (κ1) is 118. The van der Waals surface area contributed by atoms with Crippen molar-refractivity contribution < 1.29 is 131 Å². The highest BCUT2D eigenvalue weighted by Gasteiger charge is 2.47. The monoisotopic (exact) mass is 1960 g/mol. The van der Waals surface area contributed by atoms with Gasteiger partial charge in [-0.25, -0.2) is 24.5 Å². The SMILES string of the molecule is CC(=O)COCCOCCOCC(=O)C[C@H](C(=O)N1C[C@H](O)C[C@H]1C(=O)CCc1ccc(-c2scnc2C)cc1)C(C)(C)C.CC(=O)COCCOCCOCC(=O)O.CCO.Cc1ncsc1-c1ccc(CCC(=O)[C@@H]2C[C@@H](O)CN2C(=O)[C@@H](CC(=O)COCCOCCOCC(=O)O)C(C)(C)C)cc1.Cc1ncsc1-c1ccc(CCC(=O)[C@@H]2C[C@@H](O)CN2C(=O)[C@@H](N)C(C)(C)C)cc1. The molecule has 3 saturated heterocycles. The Bertz CT molecular complexity index is 4480. The summed E-state index contributed by atoms with van der Waals surface area (Å²) in [5.74, 6) is -5.05. The normalized spacial score (nSPS) is 17.1. The Balaban J connectivity index is 0.000000334. The Morgan fingerprint density at radius 3 is 0.860 bits per heavy atom. The minimum Gasteiger partial charge on any atom is -0.480 e. The summed E-state index contributed by atoms with van der Waals surface area (Å²) in [6.45, 7) is 30.2. The highest BCUT2D eigenvalue weighted by Crippen LogP contribution is 2.38. The molecule has 0 unspecified atom stereocenters. The second-order valence-corrected chi connectivity index (χ2v) is 39.4. The summed E-state index contributed by atoms with van der Waals surface area (Å²) in [6.07, 6.45) is 0.770. The van der Waals surface area contributed by atoms with Crippen molar-refractivity contribution in [1.82, 2.24) is 29.7 Å². The quantitative estimate of drug-likeness (QED) is 0.0175. The third kappa shape index (κ3) is 42.8. The molecule has 3 aliphatic rings. The van der Waals surface area contributed by atoms with E-state index in [0.29, 0.717) is 58.7 Å². The number of carboxylic acid groups (broad SMARTS) is 2. The first-order valence-electron chi connectivity index (χ1n) is 45.9. The molecule has 3 amide bonds. The lowest BCUT2D eigenvalue weighted by molar-refractivity contribution is -0.146. The molecular formula is C99H143N7O27S3. The van der Waals surface area contributed by atoms with Gasteiger partial charge in [0.05, 0.1) is 170 Å². The van der Waals surface area contributed by atoms with Crippen LogP contribution in [0.4, 0.5) is 0 Å². The van der Waals surface area contributed by atoms with Crippen LogP contribution < -0.4 is 5.73 Å². The van der Waals surface area contributed by atoms with E-state index in [1.165, 1.54) is 28.5 Å². The van der Waals surface area contributed by atoms with Crippen LogP contribution in [0.1, 0.15) is 168 Å². The van der Waals surface area contributed by atoms with Gasteiger partial charge >= 0.3 is 11.9 Å². The number of nitrogens with zero attached hydrogens (tertiary/aromatic N) is 6. The lowest BCUT2D eigenvalue weighted by atomic mass is 9.76. The molecule has 3 aliphatic heterocycles. The number of benzene rings is 3. The maximum Gasteiger partial charge on any atom is 0.329 e. The number of carbonyl (C=O) groups excluding carboxylic acids is 10.